The van der Waals surface area contributed by atoms with Crippen molar-refractivity contribution >= 4 is 6.41 Å². The van der Waals surface area contributed by atoms with Gasteiger partial charge in [-0.3, -0.25) is 4.79 Å². The fourth-order valence-electron chi connectivity index (χ4n) is 2.21. The minimum atomic E-state index is 0.269. The van der Waals surface area contributed by atoms with Gasteiger partial charge in [0.15, 0.2) is 0 Å². The van der Waals surface area contributed by atoms with Crippen LogP contribution in [0.25, 0.3) is 0 Å². The molecule has 0 aromatic rings. The Morgan fingerprint density at radius 2 is 2.30 bits per heavy atom. The van der Waals surface area contributed by atoms with E-state index < -0.39 is 0 Å². The number of carbonyl (C=O) groups is 1. The average Bonchev–Trinajstić information content (AvgIpc) is 2.46. The van der Waals surface area contributed by atoms with Gasteiger partial charge in [0.1, 0.15) is 0 Å². The van der Waals surface area contributed by atoms with E-state index in [-0.39, 0.29) is 6.04 Å². The van der Waals surface area contributed by atoms with Crippen molar-refractivity contribution in [2.24, 2.45) is 11.7 Å². The van der Waals surface area contributed by atoms with Gasteiger partial charge < -0.3 is 10.6 Å². The van der Waals surface area contributed by atoms with Crippen LogP contribution in [0.15, 0.2) is 0 Å². The normalized spacial score (nSPS) is 44.5. The molecule has 10 heavy (non-hydrogen) atoms. The molecule has 3 atom stereocenters. The van der Waals surface area contributed by atoms with E-state index in [2.05, 4.69) is 0 Å². The fraction of sp³-hybridized carbons (Fsp3) is 0.857. The van der Waals surface area contributed by atoms with Gasteiger partial charge in [0.25, 0.3) is 0 Å². The fourth-order valence-corrected chi connectivity index (χ4v) is 2.21. The summed E-state index contributed by atoms with van der Waals surface area (Å²) in [5.41, 5.74) is 5.85. The number of piperidine rings is 1. The maximum atomic E-state index is 10.4. The van der Waals surface area contributed by atoms with Gasteiger partial charge in [0, 0.05) is 18.6 Å². The molecule has 2 aliphatic rings. The van der Waals surface area contributed by atoms with Crippen LogP contribution in [-0.2, 0) is 4.79 Å². The lowest BCUT2D eigenvalue weighted by Gasteiger charge is -2.21. The molecule has 2 rings (SSSR count). The number of amides is 1. The molecule has 0 spiro atoms. The molecule has 1 saturated carbocycles. The number of likely N-dealkylation sites (tertiary alicyclic amines) is 1. The van der Waals surface area contributed by atoms with Gasteiger partial charge in [0.05, 0.1) is 0 Å². The minimum Gasteiger partial charge on any atom is -0.340 e. The first-order valence-corrected chi connectivity index (χ1v) is 3.79. The van der Waals surface area contributed by atoms with Crippen LogP contribution < -0.4 is 5.73 Å². The van der Waals surface area contributed by atoms with Crippen LogP contribution in [-0.4, -0.2) is 29.9 Å². The molecule has 0 unspecified atom stereocenters. The number of hydrogen-bond acceptors (Lipinski definition) is 2. The summed E-state index contributed by atoms with van der Waals surface area (Å²) in [6.07, 6.45) is 3.27. The second kappa shape index (κ2) is 1.95. The summed E-state index contributed by atoms with van der Waals surface area (Å²) >= 11 is 0. The highest BCUT2D eigenvalue weighted by atomic mass is 16.1. The van der Waals surface area contributed by atoms with Gasteiger partial charge in [0.2, 0.25) is 6.41 Å². The summed E-state index contributed by atoms with van der Waals surface area (Å²) < 4.78 is 0. The molecule has 2 N–H and O–H groups in total. The van der Waals surface area contributed by atoms with E-state index in [4.69, 9.17) is 5.73 Å². The SMILES string of the molecule is N[C@@H]1[C@@H]2CC[C@H]1N(C=O)C2. The maximum Gasteiger partial charge on any atom is 0.210 e. The minimum absolute atomic E-state index is 0.269. The first kappa shape index (κ1) is 6.16. The van der Waals surface area contributed by atoms with Crippen LogP contribution in [0.2, 0.25) is 0 Å². The van der Waals surface area contributed by atoms with Crippen molar-refractivity contribution in [1.82, 2.24) is 4.90 Å². The van der Waals surface area contributed by atoms with Gasteiger partial charge in [-0.25, -0.2) is 0 Å². The van der Waals surface area contributed by atoms with E-state index in [1.165, 1.54) is 6.42 Å². The summed E-state index contributed by atoms with van der Waals surface area (Å²) in [6, 6.07) is 0.632. The molecule has 56 valence electrons. The summed E-state index contributed by atoms with van der Waals surface area (Å²) in [5.74, 6) is 0.593. The highest BCUT2D eigenvalue weighted by Gasteiger charge is 2.43. The Kier molecular flexibility index (Phi) is 1.20. The van der Waals surface area contributed by atoms with Gasteiger partial charge in [-0.05, 0) is 18.8 Å². The number of rotatable bonds is 1. The van der Waals surface area contributed by atoms with E-state index in [1.54, 1.807) is 0 Å². The molecular weight excluding hydrogens is 128 g/mol. The number of nitrogens with two attached hydrogens (primary N) is 1. The molecule has 3 heteroatoms. The molecule has 1 aliphatic heterocycles. The number of fused-ring (bicyclic) bond motifs is 2. The van der Waals surface area contributed by atoms with Crippen LogP contribution in [0.4, 0.5) is 0 Å². The van der Waals surface area contributed by atoms with Gasteiger partial charge in [-0.2, -0.15) is 0 Å². The zero-order valence-electron chi connectivity index (χ0n) is 5.86. The zero-order valence-corrected chi connectivity index (χ0v) is 5.86. The van der Waals surface area contributed by atoms with E-state index in [1.807, 2.05) is 4.90 Å². The Labute approximate surface area is 60.2 Å². The first-order valence-electron chi connectivity index (χ1n) is 3.79. The largest absolute Gasteiger partial charge is 0.340 e. The maximum absolute atomic E-state index is 10.4. The van der Waals surface area contributed by atoms with Gasteiger partial charge in [-0.15, -0.1) is 0 Å². The van der Waals surface area contributed by atoms with Crippen molar-refractivity contribution in [1.29, 1.82) is 0 Å². The lowest BCUT2D eigenvalue weighted by Crippen LogP contribution is -2.36. The van der Waals surface area contributed by atoms with Crippen LogP contribution in [0.5, 0.6) is 0 Å². The van der Waals surface area contributed by atoms with E-state index in [0.717, 1.165) is 19.4 Å². The number of nitrogens with zero attached hydrogens (tertiary/aromatic N) is 1. The predicted octanol–water partition coefficient (Wildman–Crippen LogP) is -0.436. The van der Waals surface area contributed by atoms with Crippen LogP contribution in [0.1, 0.15) is 12.8 Å². The zero-order chi connectivity index (χ0) is 7.14. The molecule has 1 saturated heterocycles. The summed E-state index contributed by atoms with van der Waals surface area (Å²) in [4.78, 5) is 12.3. The first-order chi connectivity index (χ1) is 4.83. The molecule has 2 fully saturated rings. The van der Waals surface area contributed by atoms with Crippen molar-refractivity contribution in [2.75, 3.05) is 6.54 Å². The molecule has 3 nitrogen and oxygen atoms in total. The summed E-state index contributed by atoms with van der Waals surface area (Å²) in [6.45, 7) is 0.898. The lowest BCUT2D eigenvalue weighted by molar-refractivity contribution is -0.119. The van der Waals surface area contributed by atoms with Gasteiger partial charge >= 0.3 is 0 Å². The number of carbonyl (C=O) groups excluding carboxylic acids is 1. The third-order valence-electron chi connectivity index (χ3n) is 2.83. The smallest absolute Gasteiger partial charge is 0.210 e. The van der Waals surface area contributed by atoms with Crippen LogP contribution in [0.3, 0.4) is 0 Å². The topological polar surface area (TPSA) is 46.3 Å². The highest BCUT2D eigenvalue weighted by Crippen LogP contribution is 2.35. The van der Waals surface area contributed by atoms with Crippen molar-refractivity contribution in [3.63, 3.8) is 0 Å². The van der Waals surface area contributed by atoms with E-state index >= 15 is 0 Å². The number of hydrogen-bond donors (Lipinski definition) is 1. The molecular formula is C7H12N2O. The van der Waals surface area contributed by atoms with Crippen molar-refractivity contribution < 1.29 is 4.79 Å². The second-order valence-corrected chi connectivity index (χ2v) is 3.28. The Morgan fingerprint density at radius 3 is 2.60 bits per heavy atom. The summed E-state index contributed by atoms with van der Waals surface area (Å²) in [5, 5.41) is 0. The molecule has 0 radical (unpaired) electrons. The molecule has 0 aromatic carbocycles. The third-order valence-corrected chi connectivity index (χ3v) is 2.83. The molecule has 1 heterocycles. The van der Waals surface area contributed by atoms with E-state index in [9.17, 15) is 4.79 Å². The predicted molar refractivity (Wildman–Crippen MR) is 37.3 cm³/mol. The average molecular weight is 140 g/mol. The van der Waals surface area contributed by atoms with Crippen molar-refractivity contribution in [3.05, 3.63) is 0 Å². The Balaban J connectivity index is 2.15. The Morgan fingerprint density at radius 1 is 1.50 bits per heavy atom. The highest BCUT2D eigenvalue weighted by molar-refractivity contribution is 5.49. The summed E-state index contributed by atoms with van der Waals surface area (Å²) in [7, 11) is 0. The molecule has 0 aromatic heterocycles. The quantitative estimate of drug-likeness (QED) is 0.502. The van der Waals surface area contributed by atoms with Crippen LogP contribution in [0, 0.1) is 5.92 Å². The van der Waals surface area contributed by atoms with E-state index in [0.29, 0.717) is 12.0 Å². The molecule has 2 bridgehead atoms. The molecule has 1 amide bonds. The van der Waals surface area contributed by atoms with Crippen molar-refractivity contribution in [2.45, 2.75) is 24.9 Å². The lowest BCUT2D eigenvalue weighted by atomic mass is 10.1. The Hall–Kier alpha value is -0.570. The standard InChI is InChI=1S/C7H12N2O/c8-7-5-1-2-6(7)9(3-5)4-10/h4-7H,1-3,8H2/t5-,6-,7-/m1/s1. The van der Waals surface area contributed by atoms with Crippen LogP contribution >= 0.6 is 0 Å². The third kappa shape index (κ3) is 0.611. The molecule has 1 aliphatic carbocycles. The Bertz CT molecular complexity index is 160. The van der Waals surface area contributed by atoms with Crippen molar-refractivity contribution in [3.8, 4) is 0 Å². The monoisotopic (exact) mass is 140 g/mol. The van der Waals surface area contributed by atoms with Gasteiger partial charge in [-0.1, -0.05) is 0 Å². The second-order valence-electron chi connectivity index (χ2n) is 3.28.